The highest BCUT2D eigenvalue weighted by Gasteiger charge is 2.32. The topological polar surface area (TPSA) is 95.9 Å². The summed E-state index contributed by atoms with van der Waals surface area (Å²) in [7, 11) is 0. The fraction of sp³-hybridized carbons (Fsp3) is 0.385. The van der Waals surface area contributed by atoms with E-state index in [2.05, 4.69) is 5.32 Å². The number of benzene rings is 1. The Morgan fingerprint density at radius 2 is 1.95 bits per heavy atom. The largest absolute Gasteiger partial charge is 0.504 e. The van der Waals surface area contributed by atoms with Gasteiger partial charge in [0, 0.05) is 0 Å². The maximum Gasteiger partial charge on any atom is 0.331 e. The monoisotopic (exact) mass is 267 g/mol. The molecule has 0 saturated heterocycles. The van der Waals surface area contributed by atoms with Crippen molar-refractivity contribution in [2.45, 2.75) is 26.3 Å². The summed E-state index contributed by atoms with van der Waals surface area (Å²) >= 11 is 0. The fourth-order valence-electron chi connectivity index (χ4n) is 1.43. The number of nitrogens with one attached hydrogen (secondary N) is 1. The van der Waals surface area contributed by atoms with E-state index in [9.17, 15) is 19.8 Å². The van der Waals surface area contributed by atoms with Crippen LogP contribution < -0.4 is 5.32 Å². The first-order chi connectivity index (χ1) is 8.79. The second kappa shape index (κ2) is 5.60. The third-order valence-corrected chi connectivity index (χ3v) is 2.47. The van der Waals surface area contributed by atoms with Crippen LogP contribution in [0.4, 0.5) is 0 Å². The first kappa shape index (κ1) is 14.8. The minimum atomic E-state index is -1.23. The Labute approximate surface area is 111 Å². The van der Waals surface area contributed by atoms with Gasteiger partial charge in [-0.2, -0.15) is 0 Å². The number of carbonyl (C=O) groups is 2. The van der Waals surface area contributed by atoms with Gasteiger partial charge in [-0.15, -0.1) is 0 Å². The molecule has 0 aliphatic rings. The maximum atomic E-state index is 12.0. The quantitative estimate of drug-likeness (QED) is 0.562. The van der Waals surface area contributed by atoms with Crippen molar-refractivity contribution in [3.63, 3.8) is 0 Å². The summed E-state index contributed by atoms with van der Waals surface area (Å²) in [5, 5.41) is 21.3. The van der Waals surface area contributed by atoms with Crippen molar-refractivity contribution in [2.75, 3.05) is 6.61 Å². The molecule has 0 atom stereocenters. The number of amides is 1. The van der Waals surface area contributed by atoms with E-state index in [1.807, 2.05) is 0 Å². The predicted molar refractivity (Wildman–Crippen MR) is 67.9 cm³/mol. The molecule has 0 unspecified atom stereocenters. The summed E-state index contributed by atoms with van der Waals surface area (Å²) in [5.74, 6) is -2.18. The summed E-state index contributed by atoms with van der Waals surface area (Å²) in [6, 6.07) is 4.01. The molecule has 0 bridgehead atoms. The molecule has 3 N–H and O–H groups in total. The van der Waals surface area contributed by atoms with Crippen molar-refractivity contribution in [3.05, 3.63) is 23.8 Å². The van der Waals surface area contributed by atoms with Crippen molar-refractivity contribution in [1.29, 1.82) is 0 Å². The van der Waals surface area contributed by atoms with Crippen LogP contribution >= 0.6 is 0 Å². The Kier molecular flexibility index (Phi) is 4.37. The van der Waals surface area contributed by atoms with Crippen LogP contribution in [-0.2, 0) is 9.53 Å². The third kappa shape index (κ3) is 3.37. The average molecular weight is 267 g/mol. The summed E-state index contributed by atoms with van der Waals surface area (Å²) in [5.41, 5.74) is -1.34. The smallest absolute Gasteiger partial charge is 0.331 e. The second-order valence-electron chi connectivity index (χ2n) is 4.47. The number of ether oxygens (including phenoxy) is 1. The van der Waals surface area contributed by atoms with Gasteiger partial charge < -0.3 is 20.3 Å². The third-order valence-electron chi connectivity index (χ3n) is 2.47. The number of aromatic hydroxyl groups is 2. The predicted octanol–water partition coefficient (Wildman–Crippen LogP) is 1.17. The van der Waals surface area contributed by atoms with Crippen molar-refractivity contribution >= 4 is 11.9 Å². The molecule has 6 nitrogen and oxygen atoms in total. The Morgan fingerprint density at radius 3 is 2.53 bits per heavy atom. The van der Waals surface area contributed by atoms with Crippen molar-refractivity contribution in [3.8, 4) is 11.5 Å². The van der Waals surface area contributed by atoms with Crippen LogP contribution in [0.3, 0.4) is 0 Å². The lowest BCUT2D eigenvalue weighted by molar-refractivity contribution is -0.149. The lowest BCUT2D eigenvalue weighted by atomic mass is 10.0. The van der Waals surface area contributed by atoms with E-state index in [1.54, 1.807) is 6.92 Å². The van der Waals surface area contributed by atoms with Crippen molar-refractivity contribution in [2.24, 2.45) is 0 Å². The number of rotatable bonds is 4. The molecule has 0 spiro atoms. The standard InChI is InChI=1S/C13H17NO5/c1-4-19-12(18)13(2,3)14-11(17)8-6-5-7-9(15)10(8)16/h5-7,15-16H,4H2,1-3H3,(H,14,17). The number of para-hydroxylation sites is 1. The number of phenols is 2. The molecule has 6 heteroatoms. The highest BCUT2D eigenvalue weighted by Crippen LogP contribution is 2.28. The lowest BCUT2D eigenvalue weighted by Gasteiger charge is -2.24. The molecule has 1 aromatic carbocycles. The summed E-state index contributed by atoms with van der Waals surface area (Å²) in [6.45, 7) is 4.85. The average Bonchev–Trinajstić information content (AvgIpc) is 2.32. The number of esters is 1. The molecule has 0 radical (unpaired) electrons. The van der Waals surface area contributed by atoms with Crippen LogP contribution in [0.2, 0.25) is 0 Å². The van der Waals surface area contributed by atoms with E-state index in [1.165, 1.54) is 32.0 Å². The molecule has 0 aromatic heterocycles. The maximum absolute atomic E-state index is 12.0. The van der Waals surface area contributed by atoms with Gasteiger partial charge in [-0.05, 0) is 32.9 Å². The Hall–Kier alpha value is -2.24. The molecule has 19 heavy (non-hydrogen) atoms. The first-order valence-corrected chi connectivity index (χ1v) is 5.80. The number of carbonyl (C=O) groups excluding carboxylic acids is 2. The summed E-state index contributed by atoms with van der Waals surface area (Å²) < 4.78 is 4.83. The highest BCUT2D eigenvalue weighted by molar-refractivity contribution is 6.00. The van der Waals surface area contributed by atoms with E-state index in [0.29, 0.717) is 0 Å². The van der Waals surface area contributed by atoms with Crippen molar-refractivity contribution < 1.29 is 24.5 Å². The molecule has 0 fully saturated rings. The molecular formula is C13H17NO5. The molecule has 0 heterocycles. The van der Waals surface area contributed by atoms with Crippen LogP contribution in [0.15, 0.2) is 18.2 Å². The lowest BCUT2D eigenvalue weighted by Crippen LogP contribution is -2.50. The van der Waals surface area contributed by atoms with E-state index in [-0.39, 0.29) is 12.2 Å². The van der Waals surface area contributed by atoms with Gasteiger partial charge in [0.05, 0.1) is 12.2 Å². The van der Waals surface area contributed by atoms with Gasteiger partial charge in [-0.1, -0.05) is 6.07 Å². The highest BCUT2D eigenvalue weighted by atomic mass is 16.5. The zero-order valence-electron chi connectivity index (χ0n) is 11.1. The molecule has 0 aliphatic heterocycles. The molecule has 1 aromatic rings. The molecule has 0 saturated carbocycles. The van der Waals surface area contributed by atoms with Gasteiger partial charge in [0.1, 0.15) is 5.54 Å². The van der Waals surface area contributed by atoms with Crippen LogP contribution in [-0.4, -0.2) is 34.2 Å². The van der Waals surface area contributed by atoms with Gasteiger partial charge in [0.25, 0.3) is 5.91 Å². The number of phenolic OH excluding ortho intramolecular Hbond substituents is 2. The molecule has 104 valence electrons. The molecular weight excluding hydrogens is 250 g/mol. The number of hydrogen-bond donors (Lipinski definition) is 3. The van der Waals surface area contributed by atoms with E-state index < -0.39 is 28.9 Å². The van der Waals surface area contributed by atoms with Gasteiger partial charge >= 0.3 is 5.97 Å². The second-order valence-corrected chi connectivity index (χ2v) is 4.47. The van der Waals surface area contributed by atoms with Gasteiger partial charge in [-0.3, -0.25) is 4.79 Å². The normalized spacial score (nSPS) is 10.9. The Morgan fingerprint density at radius 1 is 1.32 bits per heavy atom. The minimum Gasteiger partial charge on any atom is -0.504 e. The minimum absolute atomic E-state index is 0.114. The molecule has 0 aliphatic carbocycles. The number of hydrogen-bond acceptors (Lipinski definition) is 5. The van der Waals surface area contributed by atoms with Gasteiger partial charge in [-0.25, -0.2) is 4.79 Å². The van der Waals surface area contributed by atoms with Gasteiger partial charge in [0.15, 0.2) is 11.5 Å². The molecule has 1 amide bonds. The van der Waals surface area contributed by atoms with Crippen LogP contribution in [0.1, 0.15) is 31.1 Å². The summed E-state index contributed by atoms with van der Waals surface area (Å²) in [4.78, 5) is 23.6. The Bertz CT molecular complexity index is 496. The van der Waals surface area contributed by atoms with Crippen molar-refractivity contribution in [1.82, 2.24) is 5.32 Å². The van der Waals surface area contributed by atoms with E-state index in [4.69, 9.17) is 4.74 Å². The molecule has 1 rings (SSSR count). The van der Waals surface area contributed by atoms with Crippen LogP contribution in [0, 0.1) is 0 Å². The zero-order valence-corrected chi connectivity index (χ0v) is 11.1. The Balaban J connectivity index is 2.91. The van der Waals surface area contributed by atoms with Crippen LogP contribution in [0.25, 0.3) is 0 Å². The SMILES string of the molecule is CCOC(=O)C(C)(C)NC(=O)c1cccc(O)c1O. The van der Waals surface area contributed by atoms with Crippen LogP contribution in [0.5, 0.6) is 11.5 Å². The summed E-state index contributed by atoms with van der Waals surface area (Å²) in [6.07, 6.45) is 0. The first-order valence-electron chi connectivity index (χ1n) is 5.80. The zero-order chi connectivity index (χ0) is 14.6. The van der Waals surface area contributed by atoms with E-state index >= 15 is 0 Å². The van der Waals surface area contributed by atoms with Gasteiger partial charge in [0.2, 0.25) is 0 Å². The van der Waals surface area contributed by atoms with E-state index in [0.717, 1.165) is 0 Å². The fourth-order valence-corrected chi connectivity index (χ4v) is 1.43.